The van der Waals surface area contributed by atoms with Gasteiger partial charge in [-0.2, -0.15) is 0 Å². The van der Waals surface area contributed by atoms with Gasteiger partial charge in [0.2, 0.25) is 0 Å². The highest BCUT2D eigenvalue weighted by molar-refractivity contribution is 5.85. The van der Waals surface area contributed by atoms with Crippen molar-refractivity contribution in [3.05, 3.63) is 12.2 Å². The summed E-state index contributed by atoms with van der Waals surface area (Å²) in [6, 6.07) is 0. The smallest absolute Gasteiger partial charge is 0.305 e. The third kappa shape index (κ3) is 6.83. The quantitative estimate of drug-likeness (QED) is 0.366. The lowest BCUT2D eigenvalue weighted by Crippen LogP contribution is -2.20. The lowest BCUT2D eigenvalue weighted by Gasteiger charge is -2.17. The number of aliphatic hydroxyl groups excluding tert-OH is 2. The maximum Gasteiger partial charge on any atom is 0.305 e. The number of carbonyl (C=O) groups is 2. The Balaban J connectivity index is 2.55. The number of Topliss-reactive ketones (excluding diaryl/α,β-unsaturated/α-hetero) is 1. The third-order valence-corrected chi connectivity index (χ3v) is 4.36. The van der Waals surface area contributed by atoms with E-state index in [2.05, 4.69) is 6.92 Å². The Hall–Kier alpha value is -1.20. The van der Waals surface area contributed by atoms with Gasteiger partial charge in [0.1, 0.15) is 5.78 Å². The molecular formula is C18H30O5. The molecule has 0 aliphatic heterocycles. The Morgan fingerprint density at radius 1 is 1.39 bits per heavy atom. The molecule has 0 aromatic heterocycles. The zero-order chi connectivity index (χ0) is 17.2. The van der Waals surface area contributed by atoms with Crippen LogP contribution in [-0.4, -0.2) is 40.8 Å². The van der Waals surface area contributed by atoms with Gasteiger partial charge >= 0.3 is 5.97 Å². The summed E-state index contributed by atoms with van der Waals surface area (Å²) >= 11 is 0. The van der Waals surface area contributed by atoms with Gasteiger partial charge in [-0.1, -0.05) is 38.3 Å². The number of hydrogen-bond acceptors (Lipinski definition) is 5. The average Bonchev–Trinajstić information content (AvgIpc) is 2.77. The van der Waals surface area contributed by atoms with Gasteiger partial charge in [-0.3, -0.25) is 9.59 Å². The number of hydrogen-bond donors (Lipinski definition) is 2. The van der Waals surface area contributed by atoms with Crippen LogP contribution in [0.1, 0.15) is 58.8 Å². The van der Waals surface area contributed by atoms with Crippen LogP contribution in [0.25, 0.3) is 0 Å². The Bertz CT molecular complexity index is 404. The van der Waals surface area contributed by atoms with E-state index in [4.69, 9.17) is 4.74 Å². The molecule has 0 amide bonds. The highest BCUT2D eigenvalue weighted by Crippen LogP contribution is 2.34. The van der Waals surface area contributed by atoms with E-state index in [0.717, 1.165) is 19.3 Å². The molecule has 1 aliphatic rings. The van der Waals surface area contributed by atoms with Crippen LogP contribution in [0.2, 0.25) is 0 Å². The highest BCUT2D eigenvalue weighted by Gasteiger charge is 2.39. The summed E-state index contributed by atoms with van der Waals surface area (Å²) < 4.78 is 4.88. The predicted octanol–water partition coefficient (Wildman–Crippen LogP) is 2.39. The van der Waals surface area contributed by atoms with Crippen molar-refractivity contribution in [3.8, 4) is 0 Å². The Morgan fingerprint density at radius 2 is 2.13 bits per heavy atom. The highest BCUT2D eigenvalue weighted by atomic mass is 16.5. The van der Waals surface area contributed by atoms with Gasteiger partial charge in [-0.15, -0.1) is 0 Å². The molecule has 1 aliphatic carbocycles. The number of unbranched alkanes of at least 4 members (excludes halogenated alkanes) is 2. The van der Waals surface area contributed by atoms with Crippen LogP contribution in [0.3, 0.4) is 0 Å². The minimum Gasteiger partial charge on any atom is -0.466 e. The molecule has 0 saturated heterocycles. The lowest BCUT2D eigenvalue weighted by molar-refractivity contribution is -0.143. The fourth-order valence-electron chi connectivity index (χ4n) is 3.05. The molecule has 5 heteroatoms. The van der Waals surface area contributed by atoms with Crippen molar-refractivity contribution < 1.29 is 24.5 Å². The third-order valence-electron chi connectivity index (χ3n) is 4.36. The van der Waals surface area contributed by atoms with Crippen molar-refractivity contribution in [1.82, 2.24) is 0 Å². The minimum atomic E-state index is -0.728. The molecule has 0 aromatic carbocycles. The summed E-state index contributed by atoms with van der Waals surface area (Å²) in [7, 11) is 0. The second-order valence-corrected chi connectivity index (χ2v) is 6.21. The summed E-state index contributed by atoms with van der Waals surface area (Å²) in [6.45, 7) is 4.18. The summed E-state index contributed by atoms with van der Waals surface area (Å²) in [5, 5.41) is 20.0. The number of carbonyl (C=O) groups excluding carboxylic acids is 2. The molecule has 5 nitrogen and oxygen atoms in total. The molecule has 0 aromatic rings. The van der Waals surface area contributed by atoms with Gasteiger partial charge in [0.25, 0.3) is 0 Å². The summed E-state index contributed by atoms with van der Waals surface area (Å²) in [5.41, 5.74) is 0. The summed E-state index contributed by atoms with van der Waals surface area (Å²) in [4.78, 5) is 23.5. The summed E-state index contributed by atoms with van der Waals surface area (Å²) in [6.07, 6.45) is 6.67. The van der Waals surface area contributed by atoms with E-state index < -0.39 is 12.2 Å². The Labute approximate surface area is 138 Å². The van der Waals surface area contributed by atoms with Crippen LogP contribution in [-0.2, 0) is 14.3 Å². The molecular weight excluding hydrogens is 296 g/mol. The molecule has 1 rings (SSSR count). The van der Waals surface area contributed by atoms with E-state index in [9.17, 15) is 19.8 Å². The first kappa shape index (κ1) is 19.8. The van der Waals surface area contributed by atoms with E-state index >= 15 is 0 Å². The molecule has 2 N–H and O–H groups in total. The molecule has 132 valence electrons. The second kappa shape index (κ2) is 10.6. The maximum atomic E-state index is 12.0. The Morgan fingerprint density at radius 3 is 2.78 bits per heavy atom. The van der Waals surface area contributed by atoms with E-state index in [1.54, 1.807) is 19.1 Å². The molecule has 0 heterocycles. The van der Waals surface area contributed by atoms with E-state index in [-0.39, 0.29) is 36.4 Å². The number of esters is 1. The zero-order valence-electron chi connectivity index (χ0n) is 14.2. The van der Waals surface area contributed by atoms with Crippen LogP contribution < -0.4 is 0 Å². The first-order valence-electron chi connectivity index (χ1n) is 8.72. The molecule has 4 atom stereocenters. The van der Waals surface area contributed by atoms with E-state index in [1.165, 1.54) is 0 Å². The van der Waals surface area contributed by atoms with Gasteiger partial charge in [-0.05, 0) is 19.8 Å². The molecule has 1 unspecified atom stereocenters. The van der Waals surface area contributed by atoms with Gasteiger partial charge in [0.15, 0.2) is 0 Å². The number of ether oxygens (including phenoxy) is 1. The number of ketones is 1. The molecule has 0 spiro atoms. The second-order valence-electron chi connectivity index (χ2n) is 6.21. The van der Waals surface area contributed by atoms with Crippen molar-refractivity contribution in [2.75, 3.05) is 6.61 Å². The molecule has 1 fully saturated rings. The average molecular weight is 326 g/mol. The van der Waals surface area contributed by atoms with Crippen LogP contribution in [0.5, 0.6) is 0 Å². The molecule has 1 saturated carbocycles. The van der Waals surface area contributed by atoms with Gasteiger partial charge in [0, 0.05) is 24.7 Å². The maximum absolute atomic E-state index is 12.0. The van der Waals surface area contributed by atoms with Gasteiger partial charge in [-0.25, -0.2) is 0 Å². The van der Waals surface area contributed by atoms with Crippen LogP contribution >= 0.6 is 0 Å². The van der Waals surface area contributed by atoms with E-state index in [1.807, 2.05) is 0 Å². The topological polar surface area (TPSA) is 83.8 Å². The van der Waals surface area contributed by atoms with Crippen molar-refractivity contribution >= 4 is 11.8 Å². The zero-order valence-corrected chi connectivity index (χ0v) is 14.2. The lowest BCUT2D eigenvalue weighted by atomic mass is 9.89. The fourth-order valence-corrected chi connectivity index (χ4v) is 3.05. The van der Waals surface area contributed by atoms with Crippen molar-refractivity contribution in [2.45, 2.75) is 71.0 Å². The van der Waals surface area contributed by atoms with Gasteiger partial charge in [0.05, 0.1) is 18.8 Å². The first-order valence-corrected chi connectivity index (χ1v) is 8.72. The first-order chi connectivity index (χ1) is 11.0. The van der Waals surface area contributed by atoms with Crippen molar-refractivity contribution in [1.29, 1.82) is 0 Å². The molecule has 0 radical (unpaired) electrons. The minimum absolute atomic E-state index is 0.0167. The molecule has 23 heavy (non-hydrogen) atoms. The standard InChI is InChI=1S/C18H30O5/c1-3-5-6-7-13(19)8-9-14-15(17(21)12-16(14)20)10-11-18(22)23-4-2/h8-9,13-16,19-20H,3-7,10-12H2,1-2H3/t13?,14-,15+,16-/m1/s1. The van der Waals surface area contributed by atoms with Crippen LogP contribution in [0.4, 0.5) is 0 Å². The molecule has 0 bridgehead atoms. The number of rotatable bonds is 10. The summed E-state index contributed by atoms with van der Waals surface area (Å²) in [5.74, 6) is -1.02. The SMILES string of the molecule is CCCCCC(O)C=C[C@H]1[C@H](O)CC(=O)[C@H]1CCC(=O)OCC. The van der Waals surface area contributed by atoms with Gasteiger partial charge < -0.3 is 14.9 Å². The largest absolute Gasteiger partial charge is 0.466 e. The van der Waals surface area contributed by atoms with E-state index in [0.29, 0.717) is 19.4 Å². The van der Waals surface area contributed by atoms with Crippen LogP contribution in [0.15, 0.2) is 12.2 Å². The predicted molar refractivity (Wildman–Crippen MR) is 87.8 cm³/mol. The Kier molecular flexibility index (Phi) is 9.10. The normalized spacial score (nSPS) is 25.9. The van der Waals surface area contributed by atoms with Crippen molar-refractivity contribution in [3.63, 3.8) is 0 Å². The fraction of sp³-hybridized carbons (Fsp3) is 0.778. The number of aliphatic hydroxyl groups is 2. The van der Waals surface area contributed by atoms with Crippen molar-refractivity contribution in [2.24, 2.45) is 11.8 Å². The monoisotopic (exact) mass is 326 g/mol. The van der Waals surface area contributed by atoms with Crippen LogP contribution in [0, 0.1) is 11.8 Å².